The smallest absolute Gasteiger partial charge is 0.409 e. The summed E-state index contributed by atoms with van der Waals surface area (Å²) in [7, 11) is 0. The molecule has 5 heteroatoms. The van der Waals surface area contributed by atoms with Crippen LogP contribution in [0.4, 0.5) is 4.79 Å². The number of hydrogen-bond donors (Lipinski definition) is 0. The quantitative estimate of drug-likeness (QED) is 0.857. The van der Waals surface area contributed by atoms with Gasteiger partial charge in [0.2, 0.25) is 0 Å². The van der Waals surface area contributed by atoms with E-state index in [-0.39, 0.29) is 6.09 Å². The van der Waals surface area contributed by atoms with Gasteiger partial charge in [0.25, 0.3) is 0 Å². The standard InChI is InChI=1S/C17H23N3O2/c1-14(2)13-22-17(21)20-9-7-19(8-10-20)12-16-5-3-15(11-18)4-6-16/h3-6,14H,7-10,12-13H2,1-2H3. The minimum Gasteiger partial charge on any atom is -0.449 e. The second-order valence-electron chi connectivity index (χ2n) is 6.04. The Balaban J connectivity index is 1.77. The normalized spacial score (nSPS) is 15.6. The maximum atomic E-state index is 11.9. The second kappa shape index (κ2) is 7.81. The average molecular weight is 301 g/mol. The monoisotopic (exact) mass is 301 g/mol. The number of carbonyl (C=O) groups excluding carboxylic acids is 1. The molecule has 118 valence electrons. The summed E-state index contributed by atoms with van der Waals surface area (Å²) in [5.74, 6) is 0.363. The highest BCUT2D eigenvalue weighted by Crippen LogP contribution is 2.11. The molecule has 1 aliphatic heterocycles. The molecule has 0 radical (unpaired) electrons. The fourth-order valence-electron chi connectivity index (χ4n) is 2.36. The molecule has 1 fully saturated rings. The molecule has 1 saturated heterocycles. The molecule has 1 aliphatic rings. The third kappa shape index (κ3) is 4.74. The molecule has 0 N–H and O–H groups in total. The Kier molecular flexibility index (Phi) is 5.79. The van der Waals surface area contributed by atoms with Crippen LogP contribution in [0.25, 0.3) is 0 Å². The van der Waals surface area contributed by atoms with E-state index in [4.69, 9.17) is 10.00 Å². The van der Waals surface area contributed by atoms with Crippen LogP contribution in [0.2, 0.25) is 0 Å². The maximum Gasteiger partial charge on any atom is 0.409 e. The average Bonchev–Trinajstić information content (AvgIpc) is 2.54. The van der Waals surface area contributed by atoms with Crippen molar-refractivity contribution in [3.05, 3.63) is 35.4 Å². The van der Waals surface area contributed by atoms with E-state index in [1.807, 2.05) is 38.1 Å². The van der Waals surface area contributed by atoms with Crippen LogP contribution in [0, 0.1) is 17.2 Å². The molecule has 2 rings (SSSR count). The molecular formula is C17H23N3O2. The van der Waals surface area contributed by atoms with E-state index in [1.54, 1.807) is 4.90 Å². The van der Waals surface area contributed by atoms with E-state index in [0.29, 0.717) is 31.2 Å². The van der Waals surface area contributed by atoms with Gasteiger partial charge in [-0.25, -0.2) is 4.79 Å². The molecule has 1 aromatic rings. The van der Waals surface area contributed by atoms with Crippen LogP contribution in [0.5, 0.6) is 0 Å². The second-order valence-corrected chi connectivity index (χ2v) is 6.04. The molecule has 1 amide bonds. The van der Waals surface area contributed by atoms with Crippen molar-refractivity contribution >= 4 is 6.09 Å². The lowest BCUT2D eigenvalue weighted by atomic mass is 10.1. The number of hydrogen-bond acceptors (Lipinski definition) is 4. The van der Waals surface area contributed by atoms with Crippen molar-refractivity contribution in [3.63, 3.8) is 0 Å². The van der Waals surface area contributed by atoms with Gasteiger partial charge in [-0.05, 0) is 23.6 Å². The zero-order valence-electron chi connectivity index (χ0n) is 13.3. The number of ether oxygens (including phenoxy) is 1. The largest absolute Gasteiger partial charge is 0.449 e. The lowest BCUT2D eigenvalue weighted by Crippen LogP contribution is -2.48. The minimum absolute atomic E-state index is 0.202. The summed E-state index contributed by atoms with van der Waals surface area (Å²) in [5.41, 5.74) is 1.87. The van der Waals surface area contributed by atoms with Gasteiger partial charge in [0.1, 0.15) is 0 Å². The summed E-state index contributed by atoms with van der Waals surface area (Å²) in [4.78, 5) is 16.0. The zero-order valence-corrected chi connectivity index (χ0v) is 13.3. The molecular weight excluding hydrogens is 278 g/mol. The molecule has 0 spiro atoms. The summed E-state index contributed by atoms with van der Waals surface area (Å²) in [6, 6.07) is 9.78. The van der Waals surface area contributed by atoms with Gasteiger partial charge in [-0.1, -0.05) is 26.0 Å². The van der Waals surface area contributed by atoms with Crippen LogP contribution in [0.1, 0.15) is 25.0 Å². The van der Waals surface area contributed by atoms with Crippen LogP contribution in [-0.2, 0) is 11.3 Å². The number of nitrogens with zero attached hydrogens (tertiary/aromatic N) is 3. The number of carbonyl (C=O) groups is 1. The molecule has 0 bridgehead atoms. The van der Waals surface area contributed by atoms with Crippen LogP contribution >= 0.6 is 0 Å². The van der Waals surface area contributed by atoms with Gasteiger partial charge in [0.15, 0.2) is 0 Å². The first kappa shape index (κ1) is 16.3. The molecule has 0 saturated carbocycles. The molecule has 0 aromatic heterocycles. The van der Waals surface area contributed by atoms with E-state index in [2.05, 4.69) is 11.0 Å². The Labute approximate surface area is 132 Å². The SMILES string of the molecule is CC(C)COC(=O)N1CCN(Cc2ccc(C#N)cc2)CC1. The topological polar surface area (TPSA) is 56.6 Å². The van der Waals surface area contributed by atoms with E-state index >= 15 is 0 Å². The predicted octanol–water partition coefficient (Wildman–Crippen LogP) is 2.47. The van der Waals surface area contributed by atoms with Crippen molar-refractivity contribution in [1.82, 2.24) is 9.80 Å². The van der Waals surface area contributed by atoms with Crippen molar-refractivity contribution in [3.8, 4) is 6.07 Å². The molecule has 0 aliphatic carbocycles. The Morgan fingerprint density at radius 3 is 2.41 bits per heavy atom. The lowest BCUT2D eigenvalue weighted by Gasteiger charge is -2.34. The Morgan fingerprint density at radius 2 is 1.86 bits per heavy atom. The molecule has 22 heavy (non-hydrogen) atoms. The molecule has 1 heterocycles. The number of piperazine rings is 1. The minimum atomic E-state index is -0.202. The Bertz CT molecular complexity index is 526. The van der Waals surface area contributed by atoms with E-state index in [9.17, 15) is 4.79 Å². The van der Waals surface area contributed by atoms with Crippen molar-refractivity contribution in [1.29, 1.82) is 5.26 Å². The summed E-state index contributed by atoms with van der Waals surface area (Å²) in [6.45, 7) is 8.48. The van der Waals surface area contributed by atoms with Gasteiger partial charge < -0.3 is 9.64 Å². The maximum absolute atomic E-state index is 11.9. The van der Waals surface area contributed by atoms with Crippen molar-refractivity contribution in [2.24, 2.45) is 5.92 Å². The van der Waals surface area contributed by atoms with Crippen molar-refractivity contribution in [2.75, 3.05) is 32.8 Å². The highest BCUT2D eigenvalue weighted by molar-refractivity contribution is 5.67. The van der Waals surface area contributed by atoms with E-state index in [0.717, 1.165) is 19.6 Å². The first-order valence-corrected chi connectivity index (χ1v) is 7.71. The zero-order chi connectivity index (χ0) is 15.9. The Morgan fingerprint density at radius 1 is 1.23 bits per heavy atom. The number of benzene rings is 1. The Hall–Kier alpha value is -2.06. The van der Waals surface area contributed by atoms with Gasteiger partial charge in [0, 0.05) is 32.7 Å². The van der Waals surface area contributed by atoms with Gasteiger partial charge >= 0.3 is 6.09 Å². The van der Waals surface area contributed by atoms with Gasteiger partial charge in [0.05, 0.1) is 18.2 Å². The third-order valence-corrected chi connectivity index (χ3v) is 3.66. The predicted molar refractivity (Wildman–Crippen MR) is 84.2 cm³/mol. The van der Waals surface area contributed by atoms with Crippen LogP contribution in [0.3, 0.4) is 0 Å². The summed E-state index contributed by atoms with van der Waals surface area (Å²) in [5, 5.41) is 8.80. The van der Waals surface area contributed by atoms with E-state index < -0.39 is 0 Å². The fourth-order valence-corrected chi connectivity index (χ4v) is 2.36. The highest BCUT2D eigenvalue weighted by Gasteiger charge is 2.22. The van der Waals surface area contributed by atoms with Gasteiger partial charge in [-0.3, -0.25) is 4.90 Å². The van der Waals surface area contributed by atoms with Crippen LogP contribution in [0.15, 0.2) is 24.3 Å². The third-order valence-electron chi connectivity index (χ3n) is 3.66. The van der Waals surface area contributed by atoms with Gasteiger partial charge in [-0.2, -0.15) is 5.26 Å². The summed E-state index contributed by atoms with van der Waals surface area (Å²) in [6.07, 6.45) is -0.202. The number of nitriles is 1. The van der Waals surface area contributed by atoms with Crippen LogP contribution < -0.4 is 0 Å². The number of amides is 1. The molecule has 0 atom stereocenters. The van der Waals surface area contributed by atoms with Crippen LogP contribution in [-0.4, -0.2) is 48.7 Å². The van der Waals surface area contributed by atoms with Crippen molar-refractivity contribution < 1.29 is 9.53 Å². The number of rotatable bonds is 4. The first-order chi connectivity index (χ1) is 10.6. The first-order valence-electron chi connectivity index (χ1n) is 7.71. The lowest BCUT2D eigenvalue weighted by molar-refractivity contribution is 0.0676. The summed E-state index contributed by atoms with van der Waals surface area (Å²) < 4.78 is 5.26. The molecule has 0 unspecified atom stereocenters. The molecule has 5 nitrogen and oxygen atoms in total. The summed E-state index contributed by atoms with van der Waals surface area (Å²) >= 11 is 0. The van der Waals surface area contributed by atoms with Gasteiger partial charge in [-0.15, -0.1) is 0 Å². The fraction of sp³-hybridized carbons (Fsp3) is 0.529. The molecule has 1 aromatic carbocycles. The van der Waals surface area contributed by atoms with E-state index in [1.165, 1.54) is 5.56 Å². The van der Waals surface area contributed by atoms with Crippen molar-refractivity contribution in [2.45, 2.75) is 20.4 Å². The highest BCUT2D eigenvalue weighted by atomic mass is 16.6.